The molecule has 1 rings (SSSR count). The van der Waals surface area contributed by atoms with E-state index in [4.69, 9.17) is 9.62 Å². The molecule has 1 aliphatic carbocycles. The predicted octanol–water partition coefficient (Wildman–Crippen LogP) is 2.62. The Hall–Kier alpha value is -1.40. The molecule has 0 heterocycles. The maximum Gasteiger partial charge on any atom is 0.369 e. The molecule has 1 saturated carbocycles. The zero-order chi connectivity index (χ0) is 15.0. The summed E-state index contributed by atoms with van der Waals surface area (Å²) in [6.45, 7) is 5.20. The maximum absolute atomic E-state index is 11.5. The van der Waals surface area contributed by atoms with E-state index in [1.165, 1.54) is 6.42 Å². The molecule has 20 heavy (non-hydrogen) atoms. The molecule has 1 aliphatic rings. The fourth-order valence-corrected chi connectivity index (χ4v) is 1.70. The topological polar surface area (TPSA) is 71.1 Å². The first-order chi connectivity index (χ1) is 9.37. The van der Waals surface area contributed by atoms with Crippen LogP contribution < -0.4 is 0 Å². The van der Waals surface area contributed by atoms with Gasteiger partial charge in [0.05, 0.1) is 5.60 Å². The van der Waals surface area contributed by atoms with Gasteiger partial charge in [-0.25, -0.2) is 9.59 Å². The molecule has 114 valence electrons. The van der Waals surface area contributed by atoms with Crippen molar-refractivity contribution in [1.82, 2.24) is 0 Å². The maximum atomic E-state index is 11.5. The molecule has 0 amide bonds. The summed E-state index contributed by atoms with van der Waals surface area (Å²) in [6, 6.07) is 0. The monoisotopic (exact) mass is 286 g/mol. The second-order valence-corrected chi connectivity index (χ2v) is 5.70. The molecule has 0 aromatic rings. The number of carbonyl (C=O) groups is 2. The second kappa shape index (κ2) is 8.01. The third-order valence-corrected chi connectivity index (χ3v) is 2.59. The van der Waals surface area contributed by atoms with E-state index in [1.54, 1.807) is 20.8 Å². The van der Waals surface area contributed by atoms with Crippen LogP contribution in [0.25, 0.3) is 0 Å². The summed E-state index contributed by atoms with van der Waals surface area (Å²) in [7, 11) is 0. The lowest BCUT2D eigenvalue weighted by atomic mass is 9.98. The Morgan fingerprint density at radius 3 is 2.20 bits per heavy atom. The van der Waals surface area contributed by atoms with Crippen molar-refractivity contribution < 1.29 is 29.1 Å². The summed E-state index contributed by atoms with van der Waals surface area (Å²) in [6.07, 6.45) is 7.01. The lowest BCUT2D eigenvalue weighted by Crippen LogP contribution is -2.21. The SMILES string of the molecule is CC(C)(C)OOOC(=O)/C=C/C(=O)OC1CCCCC1. The zero-order valence-corrected chi connectivity index (χ0v) is 12.2. The fraction of sp³-hybridized carbons (Fsp3) is 0.714. The van der Waals surface area contributed by atoms with Crippen molar-refractivity contribution >= 4 is 11.9 Å². The first-order valence-corrected chi connectivity index (χ1v) is 6.82. The first-order valence-electron chi connectivity index (χ1n) is 6.82. The summed E-state index contributed by atoms with van der Waals surface area (Å²) >= 11 is 0. The van der Waals surface area contributed by atoms with E-state index < -0.39 is 17.5 Å². The zero-order valence-electron chi connectivity index (χ0n) is 12.2. The van der Waals surface area contributed by atoms with Crippen LogP contribution in [-0.2, 0) is 29.1 Å². The van der Waals surface area contributed by atoms with Crippen LogP contribution in [0.1, 0.15) is 52.9 Å². The Bertz CT molecular complexity index is 349. The van der Waals surface area contributed by atoms with Crippen LogP contribution in [0.3, 0.4) is 0 Å². The lowest BCUT2D eigenvalue weighted by molar-refractivity contribution is -0.513. The molecule has 0 aliphatic heterocycles. The number of hydrogen-bond donors (Lipinski definition) is 0. The van der Waals surface area contributed by atoms with Crippen LogP contribution in [0.4, 0.5) is 0 Å². The molecule has 0 N–H and O–H groups in total. The number of rotatable bonds is 5. The van der Waals surface area contributed by atoms with Crippen molar-refractivity contribution in [2.45, 2.75) is 64.6 Å². The molecule has 0 radical (unpaired) electrons. The van der Waals surface area contributed by atoms with Crippen molar-refractivity contribution in [3.63, 3.8) is 0 Å². The van der Waals surface area contributed by atoms with Crippen LogP contribution in [0.5, 0.6) is 0 Å². The average molecular weight is 286 g/mol. The Morgan fingerprint density at radius 2 is 1.60 bits per heavy atom. The Kier molecular flexibility index (Phi) is 6.67. The summed E-state index contributed by atoms with van der Waals surface area (Å²) in [5, 5.41) is 4.29. The molecule has 0 aromatic carbocycles. The minimum absolute atomic E-state index is 0.0441. The molecular weight excluding hydrogens is 264 g/mol. The molecule has 1 fully saturated rings. The smallest absolute Gasteiger partial charge is 0.369 e. The minimum atomic E-state index is -0.838. The van der Waals surface area contributed by atoms with Crippen molar-refractivity contribution in [3.8, 4) is 0 Å². The summed E-state index contributed by atoms with van der Waals surface area (Å²) in [4.78, 5) is 31.7. The van der Waals surface area contributed by atoms with E-state index >= 15 is 0 Å². The van der Waals surface area contributed by atoms with Gasteiger partial charge in [-0.05, 0) is 51.5 Å². The fourth-order valence-electron chi connectivity index (χ4n) is 1.70. The Morgan fingerprint density at radius 1 is 1.00 bits per heavy atom. The highest BCUT2D eigenvalue weighted by atomic mass is 17.5. The van der Waals surface area contributed by atoms with E-state index in [0.29, 0.717) is 0 Å². The van der Waals surface area contributed by atoms with Crippen LogP contribution in [-0.4, -0.2) is 23.6 Å². The van der Waals surface area contributed by atoms with Gasteiger partial charge in [-0.3, -0.25) is 4.89 Å². The summed E-state index contributed by atoms with van der Waals surface area (Å²) < 4.78 is 5.19. The molecule has 0 aromatic heterocycles. The van der Waals surface area contributed by atoms with Crippen molar-refractivity contribution in [2.75, 3.05) is 0 Å². The van der Waals surface area contributed by atoms with Gasteiger partial charge >= 0.3 is 11.9 Å². The van der Waals surface area contributed by atoms with Gasteiger partial charge in [0.15, 0.2) is 0 Å². The van der Waals surface area contributed by atoms with Gasteiger partial charge < -0.3 is 4.74 Å². The van der Waals surface area contributed by atoms with E-state index in [1.807, 2.05) is 0 Å². The van der Waals surface area contributed by atoms with E-state index in [9.17, 15) is 9.59 Å². The van der Waals surface area contributed by atoms with E-state index in [-0.39, 0.29) is 6.10 Å². The van der Waals surface area contributed by atoms with Gasteiger partial charge in [0.1, 0.15) is 6.10 Å². The van der Waals surface area contributed by atoms with E-state index in [0.717, 1.165) is 37.8 Å². The highest BCUT2D eigenvalue weighted by Crippen LogP contribution is 2.20. The van der Waals surface area contributed by atoms with Crippen molar-refractivity contribution in [2.24, 2.45) is 0 Å². The number of esters is 1. The van der Waals surface area contributed by atoms with Gasteiger partial charge in [0.25, 0.3) is 0 Å². The number of carbonyl (C=O) groups excluding carboxylic acids is 2. The van der Waals surface area contributed by atoms with Crippen molar-refractivity contribution in [1.29, 1.82) is 0 Å². The molecule has 0 unspecified atom stereocenters. The normalized spacial score (nSPS) is 17.1. The largest absolute Gasteiger partial charge is 0.459 e. The van der Waals surface area contributed by atoms with Crippen LogP contribution >= 0.6 is 0 Å². The highest BCUT2D eigenvalue weighted by Gasteiger charge is 2.17. The average Bonchev–Trinajstić information content (AvgIpc) is 2.36. The van der Waals surface area contributed by atoms with Gasteiger partial charge in [-0.2, -0.15) is 4.89 Å². The van der Waals surface area contributed by atoms with Gasteiger partial charge in [0, 0.05) is 12.2 Å². The Balaban J connectivity index is 2.21. The molecular formula is C14H22O6. The number of ether oxygens (including phenoxy) is 1. The van der Waals surface area contributed by atoms with Gasteiger partial charge in [-0.1, -0.05) is 6.42 Å². The highest BCUT2D eigenvalue weighted by molar-refractivity contribution is 5.91. The molecule has 0 spiro atoms. The number of hydrogen-bond acceptors (Lipinski definition) is 6. The van der Waals surface area contributed by atoms with Crippen LogP contribution in [0, 0.1) is 0 Å². The van der Waals surface area contributed by atoms with E-state index in [2.05, 4.69) is 9.93 Å². The first kappa shape index (κ1) is 16.7. The third kappa shape index (κ3) is 7.91. The molecule has 6 nitrogen and oxygen atoms in total. The molecule has 0 bridgehead atoms. The van der Waals surface area contributed by atoms with Crippen LogP contribution in [0.2, 0.25) is 0 Å². The summed E-state index contributed by atoms with van der Waals surface area (Å²) in [5.74, 6) is -1.39. The molecule has 0 atom stereocenters. The van der Waals surface area contributed by atoms with Gasteiger partial charge in [0.2, 0.25) is 0 Å². The second-order valence-electron chi connectivity index (χ2n) is 5.70. The quantitative estimate of drug-likeness (QED) is 0.335. The minimum Gasteiger partial charge on any atom is -0.459 e. The van der Waals surface area contributed by atoms with Crippen LogP contribution in [0.15, 0.2) is 12.2 Å². The molecule has 0 saturated heterocycles. The molecule has 6 heteroatoms. The predicted molar refractivity (Wildman–Crippen MR) is 70.1 cm³/mol. The third-order valence-electron chi connectivity index (χ3n) is 2.59. The standard InChI is InChI=1S/C14H22O6/c1-14(2,3)19-20-18-13(16)10-9-12(15)17-11-7-5-4-6-8-11/h9-11H,4-8H2,1-3H3/b10-9+. The Labute approximate surface area is 118 Å². The summed E-state index contributed by atoms with van der Waals surface area (Å²) in [5.41, 5.74) is -0.593. The van der Waals surface area contributed by atoms with Gasteiger partial charge in [-0.15, -0.1) is 0 Å². The lowest BCUT2D eigenvalue weighted by Gasteiger charge is -2.20. The van der Waals surface area contributed by atoms with Crippen molar-refractivity contribution in [3.05, 3.63) is 12.2 Å².